The molecule has 2 heterocycles. The van der Waals surface area contributed by atoms with Crippen molar-refractivity contribution >= 4 is 32.8 Å². The van der Waals surface area contributed by atoms with Crippen molar-refractivity contribution < 1.29 is 22.0 Å². The molecule has 0 fully saturated rings. The van der Waals surface area contributed by atoms with Crippen LogP contribution in [0.4, 0.5) is 14.5 Å². The lowest BCUT2D eigenvalue weighted by atomic mass is 9.90. The van der Waals surface area contributed by atoms with Crippen molar-refractivity contribution in [3.8, 4) is 0 Å². The molecule has 144 valence electrons. The monoisotopic (exact) mass is 419 g/mol. The molecule has 0 bridgehead atoms. The maximum Gasteiger partial charge on any atom is 0.225 e. The van der Waals surface area contributed by atoms with E-state index >= 15 is 0 Å². The van der Waals surface area contributed by atoms with Crippen LogP contribution < -0.4 is 5.32 Å². The highest BCUT2D eigenvalue weighted by Gasteiger charge is 2.36. The van der Waals surface area contributed by atoms with E-state index in [4.69, 9.17) is 0 Å². The molecule has 8 heteroatoms. The lowest BCUT2D eigenvalue weighted by Gasteiger charge is -2.24. The van der Waals surface area contributed by atoms with Crippen LogP contribution in [0.1, 0.15) is 28.3 Å². The molecule has 4 nitrogen and oxygen atoms in total. The highest BCUT2D eigenvalue weighted by atomic mass is 32.2. The number of amides is 1. The fourth-order valence-electron chi connectivity index (χ4n) is 3.32. The predicted octanol–water partition coefficient (Wildman–Crippen LogP) is 4.64. The molecule has 0 radical (unpaired) electrons. The number of rotatable bonds is 3. The van der Waals surface area contributed by atoms with Gasteiger partial charge >= 0.3 is 0 Å². The fourth-order valence-corrected chi connectivity index (χ4v) is 6.21. The Labute approximate surface area is 164 Å². The van der Waals surface area contributed by atoms with Crippen molar-refractivity contribution in [3.63, 3.8) is 0 Å². The first-order valence-corrected chi connectivity index (χ1v) is 10.8. The van der Waals surface area contributed by atoms with Crippen LogP contribution in [0.15, 0.2) is 57.6 Å². The number of carbonyl (C=O) groups excluding carboxylic acids is 1. The molecule has 2 aromatic carbocycles. The van der Waals surface area contributed by atoms with E-state index in [0.717, 1.165) is 29.0 Å². The van der Waals surface area contributed by atoms with Crippen molar-refractivity contribution in [1.82, 2.24) is 0 Å². The number of aryl methyl sites for hydroxylation is 1. The van der Waals surface area contributed by atoms with Gasteiger partial charge in [-0.2, -0.15) is 0 Å². The van der Waals surface area contributed by atoms with Gasteiger partial charge in [-0.25, -0.2) is 17.2 Å². The van der Waals surface area contributed by atoms with Gasteiger partial charge in [0.05, 0.1) is 10.6 Å². The van der Waals surface area contributed by atoms with Gasteiger partial charge in [0.15, 0.2) is 0 Å². The number of carbonyl (C=O) groups is 1. The van der Waals surface area contributed by atoms with Crippen molar-refractivity contribution in [1.29, 1.82) is 0 Å². The number of halogens is 2. The van der Waals surface area contributed by atoms with E-state index in [1.54, 1.807) is 12.1 Å². The molecule has 1 aliphatic rings. The first kappa shape index (κ1) is 18.8. The first-order chi connectivity index (χ1) is 13.3. The van der Waals surface area contributed by atoms with Crippen molar-refractivity contribution in [2.24, 2.45) is 0 Å². The summed E-state index contributed by atoms with van der Waals surface area (Å²) in [6.07, 6.45) is -0.157. The Morgan fingerprint density at radius 3 is 2.36 bits per heavy atom. The molecule has 3 aromatic rings. The van der Waals surface area contributed by atoms with Gasteiger partial charge in [-0.1, -0.05) is 23.8 Å². The van der Waals surface area contributed by atoms with Crippen LogP contribution in [0.5, 0.6) is 0 Å². The van der Waals surface area contributed by atoms with Crippen LogP contribution in [0.3, 0.4) is 0 Å². The number of thiophene rings is 1. The minimum absolute atomic E-state index is 0.0637. The predicted molar refractivity (Wildman–Crippen MR) is 102 cm³/mol. The lowest BCUT2D eigenvalue weighted by molar-refractivity contribution is -0.116. The smallest absolute Gasteiger partial charge is 0.225 e. The maximum atomic E-state index is 14.3. The van der Waals surface area contributed by atoms with Crippen LogP contribution in [-0.2, 0) is 14.6 Å². The molecule has 1 amide bonds. The Bertz CT molecular complexity index is 1160. The highest BCUT2D eigenvalue weighted by Crippen LogP contribution is 2.46. The molecule has 4 rings (SSSR count). The van der Waals surface area contributed by atoms with Crippen molar-refractivity contribution in [3.05, 3.63) is 75.5 Å². The van der Waals surface area contributed by atoms with Gasteiger partial charge < -0.3 is 5.32 Å². The number of sulfone groups is 1. The summed E-state index contributed by atoms with van der Waals surface area (Å²) in [4.78, 5) is 12.7. The minimum Gasteiger partial charge on any atom is -0.324 e. The lowest BCUT2D eigenvalue weighted by Crippen LogP contribution is -2.24. The maximum absolute atomic E-state index is 14.3. The zero-order valence-electron chi connectivity index (χ0n) is 14.7. The summed E-state index contributed by atoms with van der Waals surface area (Å²) in [5, 5.41) is 4.00. The fraction of sp³-hybridized carbons (Fsp3) is 0.150. The zero-order valence-corrected chi connectivity index (χ0v) is 16.3. The van der Waals surface area contributed by atoms with E-state index in [9.17, 15) is 22.0 Å². The largest absolute Gasteiger partial charge is 0.324 e. The van der Waals surface area contributed by atoms with Crippen LogP contribution in [0, 0.1) is 18.6 Å². The summed E-state index contributed by atoms with van der Waals surface area (Å²) in [6.45, 7) is 1.84. The molecule has 0 saturated heterocycles. The van der Waals surface area contributed by atoms with E-state index in [1.165, 1.54) is 23.6 Å². The summed E-state index contributed by atoms with van der Waals surface area (Å²) >= 11 is 1.07. The normalized spacial score (nSPS) is 16.5. The second-order valence-corrected chi connectivity index (χ2v) is 9.43. The van der Waals surface area contributed by atoms with Gasteiger partial charge in [-0.3, -0.25) is 4.79 Å². The third kappa shape index (κ3) is 3.02. The number of nitrogens with one attached hydrogen (secondary N) is 1. The van der Waals surface area contributed by atoms with E-state index in [1.807, 2.05) is 6.92 Å². The quantitative estimate of drug-likeness (QED) is 0.673. The molecule has 0 unspecified atom stereocenters. The van der Waals surface area contributed by atoms with E-state index in [-0.39, 0.29) is 27.5 Å². The number of benzene rings is 2. The molecule has 1 atom stereocenters. The van der Waals surface area contributed by atoms with Gasteiger partial charge in [-0.15, -0.1) is 11.3 Å². The first-order valence-electron chi connectivity index (χ1n) is 8.46. The van der Waals surface area contributed by atoms with Gasteiger partial charge in [0.25, 0.3) is 0 Å². The SMILES string of the molecule is Cc1ccc(S(=O)(=O)c2csc3c2NC(=O)C[C@H]3c2c(F)cccc2F)cc1. The summed E-state index contributed by atoms with van der Waals surface area (Å²) in [6, 6.07) is 9.86. The number of anilines is 1. The van der Waals surface area contributed by atoms with Gasteiger partial charge in [-0.05, 0) is 31.2 Å². The van der Waals surface area contributed by atoms with Crippen molar-refractivity contribution in [2.75, 3.05) is 5.32 Å². The molecular formula is C20H15F2NO3S2. The molecule has 1 aliphatic heterocycles. The molecule has 0 spiro atoms. The van der Waals surface area contributed by atoms with Crippen LogP contribution >= 0.6 is 11.3 Å². The second kappa shape index (κ2) is 6.79. The molecule has 0 aliphatic carbocycles. The third-order valence-electron chi connectivity index (χ3n) is 4.73. The summed E-state index contributed by atoms with van der Waals surface area (Å²) in [5.74, 6) is -2.89. The molecule has 1 aromatic heterocycles. The molecular weight excluding hydrogens is 404 g/mol. The highest BCUT2D eigenvalue weighted by molar-refractivity contribution is 7.91. The Kier molecular flexibility index (Phi) is 4.55. The summed E-state index contributed by atoms with van der Waals surface area (Å²) < 4.78 is 54.8. The number of hydrogen-bond donors (Lipinski definition) is 1. The number of hydrogen-bond acceptors (Lipinski definition) is 4. The zero-order chi connectivity index (χ0) is 20.1. The van der Waals surface area contributed by atoms with E-state index < -0.39 is 33.3 Å². The minimum atomic E-state index is -3.89. The average Bonchev–Trinajstić information content (AvgIpc) is 3.06. The Morgan fingerprint density at radius 2 is 1.71 bits per heavy atom. The summed E-state index contributed by atoms with van der Waals surface area (Å²) in [7, 11) is -3.89. The van der Waals surface area contributed by atoms with Crippen LogP contribution in [-0.4, -0.2) is 14.3 Å². The standard InChI is InChI=1S/C20H15F2NO3S2/c1-11-5-7-12(8-6-11)28(25,26)16-10-27-20-13(9-17(24)23-19(16)20)18-14(21)3-2-4-15(18)22/h2-8,10,13H,9H2,1H3,(H,23,24)/t13-/m0/s1. The number of fused-ring (bicyclic) bond motifs is 1. The second-order valence-electron chi connectivity index (χ2n) is 6.60. The van der Waals surface area contributed by atoms with Crippen LogP contribution in [0.25, 0.3) is 0 Å². The average molecular weight is 419 g/mol. The molecule has 28 heavy (non-hydrogen) atoms. The Hall–Kier alpha value is -2.58. The van der Waals surface area contributed by atoms with Crippen LogP contribution in [0.2, 0.25) is 0 Å². The topological polar surface area (TPSA) is 63.2 Å². The van der Waals surface area contributed by atoms with E-state index in [0.29, 0.717) is 4.88 Å². The van der Waals surface area contributed by atoms with Gasteiger partial charge in [0.2, 0.25) is 15.7 Å². The van der Waals surface area contributed by atoms with Gasteiger partial charge in [0, 0.05) is 28.2 Å². The Morgan fingerprint density at radius 1 is 1.07 bits per heavy atom. The third-order valence-corrected chi connectivity index (χ3v) is 7.76. The molecule has 1 N–H and O–H groups in total. The summed E-state index contributed by atoms with van der Waals surface area (Å²) in [5.41, 5.74) is 0.795. The Balaban J connectivity index is 1.87. The van der Waals surface area contributed by atoms with E-state index in [2.05, 4.69) is 5.32 Å². The molecule has 0 saturated carbocycles. The van der Waals surface area contributed by atoms with Crippen molar-refractivity contribution in [2.45, 2.75) is 29.1 Å². The van der Waals surface area contributed by atoms with Gasteiger partial charge in [0.1, 0.15) is 16.5 Å².